The number of nitrogens with zero attached hydrogens (tertiary/aromatic N) is 5. The average Bonchev–Trinajstić information content (AvgIpc) is 3.59. The molecule has 1 aromatic carbocycles. The van der Waals surface area contributed by atoms with E-state index in [1.54, 1.807) is 16.7 Å². The van der Waals surface area contributed by atoms with E-state index in [4.69, 9.17) is 9.47 Å². The third kappa shape index (κ3) is 5.85. The summed E-state index contributed by atoms with van der Waals surface area (Å²) in [5, 5.41) is 18.2. The first-order valence-electron chi connectivity index (χ1n) is 12.9. The molecule has 2 fully saturated rings. The SMILES string of the molecule is COC(C)(C)c1cn(-c2ccc(C[C@@H](C#N)CC(=O)[C@@H]3[C@H]4CC[C@H](C4)N3C(=O)OC(C)(C)C)cc2)nn1. The number of amides is 1. The van der Waals surface area contributed by atoms with Gasteiger partial charge < -0.3 is 9.47 Å². The fourth-order valence-corrected chi connectivity index (χ4v) is 5.35. The first-order valence-corrected chi connectivity index (χ1v) is 12.9. The zero-order chi connectivity index (χ0) is 27.0. The summed E-state index contributed by atoms with van der Waals surface area (Å²) in [5.41, 5.74) is 1.36. The van der Waals surface area contributed by atoms with Crippen molar-refractivity contribution in [3.8, 4) is 11.8 Å². The second-order valence-corrected chi connectivity index (χ2v) is 11.7. The van der Waals surface area contributed by atoms with Gasteiger partial charge in [0.1, 0.15) is 16.9 Å². The van der Waals surface area contributed by atoms with E-state index in [9.17, 15) is 14.9 Å². The van der Waals surface area contributed by atoms with E-state index in [-0.39, 0.29) is 24.2 Å². The summed E-state index contributed by atoms with van der Waals surface area (Å²) in [6.07, 6.45) is 4.65. The Morgan fingerprint density at radius 1 is 1.16 bits per heavy atom. The molecule has 2 heterocycles. The molecule has 0 N–H and O–H groups in total. The minimum Gasteiger partial charge on any atom is -0.444 e. The average molecular weight is 508 g/mol. The zero-order valence-corrected chi connectivity index (χ0v) is 22.6. The number of carbonyl (C=O) groups is 2. The summed E-state index contributed by atoms with van der Waals surface area (Å²) in [7, 11) is 1.64. The van der Waals surface area contributed by atoms with Crippen molar-refractivity contribution in [1.82, 2.24) is 19.9 Å². The van der Waals surface area contributed by atoms with E-state index in [0.717, 1.165) is 36.2 Å². The van der Waals surface area contributed by atoms with Crippen LogP contribution < -0.4 is 0 Å². The fourth-order valence-electron chi connectivity index (χ4n) is 5.35. The fraction of sp³-hybridized carbons (Fsp3) is 0.607. The molecule has 1 saturated heterocycles. The third-order valence-corrected chi connectivity index (χ3v) is 7.45. The van der Waals surface area contributed by atoms with Crippen LogP contribution >= 0.6 is 0 Å². The van der Waals surface area contributed by atoms with Crippen LogP contribution in [-0.4, -0.2) is 56.6 Å². The van der Waals surface area contributed by atoms with Crippen LogP contribution in [0.2, 0.25) is 0 Å². The molecule has 9 heteroatoms. The van der Waals surface area contributed by atoms with Crippen molar-refractivity contribution in [3.63, 3.8) is 0 Å². The number of nitriles is 1. The van der Waals surface area contributed by atoms with Gasteiger partial charge in [0.25, 0.3) is 0 Å². The highest BCUT2D eigenvalue weighted by molar-refractivity contribution is 5.89. The summed E-state index contributed by atoms with van der Waals surface area (Å²) in [6, 6.07) is 9.59. The summed E-state index contributed by atoms with van der Waals surface area (Å²) < 4.78 is 12.8. The number of Topliss-reactive ketones (excluding diaryl/α,β-unsaturated/α-hetero) is 1. The lowest BCUT2D eigenvalue weighted by Crippen LogP contribution is -2.51. The molecule has 1 saturated carbocycles. The molecule has 4 atom stereocenters. The molecule has 1 aliphatic heterocycles. The number of ketones is 1. The van der Waals surface area contributed by atoms with Gasteiger partial charge in [0, 0.05) is 19.6 Å². The second kappa shape index (κ2) is 10.3. The van der Waals surface area contributed by atoms with E-state index < -0.39 is 29.3 Å². The van der Waals surface area contributed by atoms with Gasteiger partial charge in [-0.15, -0.1) is 5.10 Å². The van der Waals surface area contributed by atoms with Gasteiger partial charge in [-0.3, -0.25) is 9.69 Å². The number of ether oxygens (including phenoxy) is 2. The van der Waals surface area contributed by atoms with E-state index in [0.29, 0.717) is 6.42 Å². The Morgan fingerprint density at radius 3 is 2.49 bits per heavy atom. The molecule has 1 aromatic heterocycles. The summed E-state index contributed by atoms with van der Waals surface area (Å²) in [4.78, 5) is 28.0. The number of methoxy groups -OCH3 is 1. The number of likely N-dealkylation sites (tertiary alicyclic amines) is 1. The van der Waals surface area contributed by atoms with Gasteiger partial charge in [-0.2, -0.15) is 5.26 Å². The molecule has 0 spiro atoms. The smallest absolute Gasteiger partial charge is 0.411 e. The first-order chi connectivity index (χ1) is 17.4. The Kier molecular flexibility index (Phi) is 7.43. The standard InChI is InChI=1S/C28H37N5O4/c1-27(2,3)37-26(35)33-22-12-9-20(15-22)25(33)23(34)14-19(16-29)13-18-7-10-21(11-8-18)32-17-24(30-31-32)28(4,5)36-6/h7-8,10-11,17,19-20,22,25H,9,12-15H2,1-6H3/t19-,20+,22-,25+/m1/s1. The normalized spacial score (nSPS) is 22.1. The van der Waals surface area contributed by atoms with Gasteiger partial charge in [0.2, 0.25) is 0 Å². The molecule has 9 nitrogen and oxygen atoms in total. The Balaban J connectivity index is 1.41. The summed E-state index contributed by atoms with van der Waals surface area (Å²) in [6.45, 7) is 9.34. The van der Waals surface area contributed by atoms with Crippen LogP contribution in [0.4, 0.5) is 4.79 Å². The molecular formula is C28H37N5O4. The number of hydrogen-bond donors (Lipinski definition) is 0. The molecule has 2 aliphatic rings. The van der Waals surface area contributed by atoms with Crippen LogP contribution in [0.3, 0.4) is 0 Å². The quantitative estimate of drug-likeness (QED) is 0.514. The molecule has 0 radical (unpaired) electrons. The number of benzene rings is 1. The molecule has 198 valence electrons. The van der Waals surface area contributed by atoms with E-state index in [1.807, 2.05) is 65.1 Å². The van der Waals surface area contributed by atoms with Crippen LogP contribution in [0, 0.1) is 23.2 Å². The molecule has 1 aliphatic carbocycles. The molecule has 2 aromatic rings. The van der Waals surface area contributed by atoms with Crippen LogP contribution in [-0.2, 0) is 26.3 Å². The van der Waals surface area contributed by atoms with Gasteiger partial charge in [0.15, 0.2) is 5.78 Å². The molecule has 37 heavy (non-hydrogen) atoms. The Morgan fingerprint density at radius 2 is 1.86 bits per heavy atom. The van der Waals surface area contributed by atoms with Gasteiger partial charge in [-0.1, -0.05) is 17.3 Å². The predicted molar refractivity (Wildman–Crippen MR) is 137 cm³/mol. The number of hydrogen-bond acceptors (Lipinski definition) is 7. The van der Waals surface area contributed by atoms with Crippen molar-refractivity contribution in [2.45, 2.75) is 90.0 Å². The number of fused-ring (bicyclic) bond motifs is 2. The maximum atomic E-state index is 13.4. The zero-order valence-electron chi connectivity index (χ0n) is 22.6. The molecule has 4 rings (SSSR count). The maximum Gasteiger partial charge on any atom is 0.411 e. The van der Waals surface area contributed by atoms with E-state index in [1.165, 1.54) is 0 Å². The second-order valence-electron chi connectivity index (χ2n) is 11.7. The molecular weight excluding hydrogens is 470 g/mol. The van der Waals surface area contributed by atoms with Gasteiger partial charge >= 0.3 is 6.09 Å². The number of piperidine rings is 1. The summed E-state index contributed by atoms with van der Waals surface area (Å²) in [5.74, 6) is -0.366. The third-order valence-electron chi connectivity index (χ3n) is 7.45. The molecule has 1 amide bonds. The minimum atomic E-state index is -0.623. The van der Waals surface area contributed by atoms with Gasteiger partial charge in [-0.05, 0) is 83.9 Å². The Hall–Kier alpha value is -3.25. The van der Waals surface area contributed by atoms with E-state index in [2.05, 4.69) is 16.4 Å². The summed E-state index contributed by atoms with van der Waals surface area (Å²) >= 11 is 0. The molecule has 0 unspecified atom stereocenters. The van der Waals surface area contributed by atoms with Crippen LogP contribution in [0.1, 0.15) is 71.6 Å². The van der Waals surface area contributed by atoms with Gasteiger partial charge in [0.05, 0.1) is 29.9 Å². The lowest BCUT2D eigenvalue weighted by molar-refractivity contribution is -0.126. The highest BCUT2D eigenvalue weighted by Crippen LogP contribution is 2.44. The Labute approximate surface area is 218 Å². The molecule has 2 bridgehead atoms. The van der Waals surface area contributed by atoms with Crippen molar-refractivity contribution in [1.29, 1.82) is 5.26 Å². The van der Waals surface area contributed by atoms with Gasteiger partial charge in [-0.25, -0.2) is 9.48 Å². The monoisotopic (exact) mass is 507 g/mol. The van der Waals surface area contributed by atoms with Crippen molar-refractivity contribution in [2.75, 3.05) is 7.11 Å². The predicted octanol–water partition coefficient (Wildman–Crippen LogP) is 4.58. The maximum absolute atomic E-state index is 13.4. The van der Waals surface area contributed by atoms with Crippen LogP contribution in [0.5, 0.6) is 0 Å². The van der Waals surface area contributed by atoms with Crippen molar-refractivity contribution in [3.05, 3.63) is 41.7 Å². The van der Waals surface area contributed by atoms with Crippen molar-refractivity contribution in [2.24, 2.45) is 11.8 Å². The largest absolute Gasteiger partial charge is 0.444 e. The first kappa shape index (κ1) is 26.8. The topological polar surface area (TPSA) is 110 Å². The highest BCUT2D eigenvalue weighted by atomic mass is 16.6. The van der Waals surface area contributed by atoms with E-state index >= 15 is 0 Å². The van der Waals surface area contributed by atoms with Crippen molar-refractivity contribution >= 4 is 11.9 Å². The number of rotatable bonds is 8. The van der Waals surface area contributed by atoms with Crippen molar-refractivity contribution < 1.29 is 19.1 Å². The minimum absolute atomic E-state index is 0.0443. The Bertz CT molecular complexity index is 1170. The number of aromatic nitrogens is 3. The van der Waals surface area contributed by atoms with Crippen LogP contribution in [0.25, 0.3) is 5.69 Å². The lowest BCUT2D eigenvalue weighted by Gasteiger charge is -2.35. The number of carbonyl (C=O) groups excluding carboxylic acids is 2. The highest BCUT2D eigenvalue weighted by Gasteiger charge is 2.52. The van der Waals surface area contributed by atoms with Crippen LogP contribution in [0.15, 0.2) is 30.5 Å². The lowest BCUT2D eigenvalue weighted by atomic mass is 9.88.